The predicted octanol–water partition coefficient (Wildman–Crippen LogP) is 5.45. The van der Waals surface area contributed by atoms with E-state index in [0.29, 0.717) is 5.92 Å². The van der Waals surface area contributed by atoms with Gasteiger partial charge in [0.2, 0.25) is 5.91 Å². The summed E-state index contributed by atoms with van der Waals surface area (Å²) in [5, 5.41) is 7.62. The summed E-state index contributed by atoms with van der Waals surface area (Å²) in [6.07, 6.45) is 4.28. The third kappa shape index (κ3) is 3.93. The number of nitrogens with one attached hydrogen (secondary N) is 2. The Morgan fingerprint density at radius 1 is 1.15 bits per heavy atom. The first-order chi connectivity index (χ1) is 15.9. The maximum atomic E-state index is 12.7. The monoisotopic (exact) mass is 462 g/mol. The van der Waals surface area contributed by atoms with Crippen LogP contribution in [0.1, 0.15) is 45.2 Å². The molecule has 0 bridgehead atoms. The summed E-state index contributed by atoms with van der Waals surface area (Å²) in [6, 6.07) is 10.3. The molecule has 1 fully saturated rings. The summed E-state index contributed by atoms with van der Waals surface area (Å²) in [5.41, 5.74) is 5.26. The van der Waals surface area contributed by atoms with Crippen molar-refractivity contribution in [3.05, 3.63) is 42.2 Å². The smallest absolute Gasteiger partial charge is 0.249 e. The van der Waals surface area contributed by atoms with E-state index in [1.807, 2.05) is 39.3 Å². The van der Waals surface area contributed by atoms with Crippen molar-refractivity contribution in [1.29, 1.82) is 0 Å². The highest BCUT2D eigenvalue weighted by atomic mass is 32.1. The highest BCUT2D eigenvalue weighted by Gasteiger charge is 2.35. The lowest BCUT2D eigenvalue weighted by Gasteiger charge is -2.42. The molecule has 1 aromatic carbocycles. The predicted molar refractivity (Wildman–Crippen MR) is 137 cm³/mol. The summed E-state index contributed by atoms with van der Waals surface area (Å²) in [5.74, 6) is 1.48. The van der Waals surface area contributed by atoms with E-state index in [0.717, 1.165) is 33.6 Å². The molecule has 2 aromatic heterocycles. The van der Waals surface area contributed by atoms with Gasteiger partial charge in [-0.2, -0.15) is 0 Å². The first-order valence-corrected chi connectivity index (χ1v) is 12.3. The van der Waals surface area contributed by atoms with Crippen LogP contribution >= 0.6 is 11.3 Å². The number of thiazole rings is 1. The van der Waals surface area contributed by atoms with E-state index in [-0.39, 0.29) is 18.0 Å². The topological polar surface area (TPSA) is 73.4 Å². The van der Waals surface area contributed by atoms with Crippen LogP contribution in [0.15, 0.2) is 36.5 Å². The Kier molecular flexibility index (Phi) is 5.48. The molecule has 1 aliphatic heterocycles. The maximum Gasteiger partial charge on any atom is 0.249 e. The molecule has 7 nitrogen and oxygen atoms in total. The van der Waals surface area contributed by atoms with Crippen LogP contribution in [0.5, 0.6) is 0 Å². The fraction of sp³-hybridized carbons (Fsp3) is 0.400. The first-order valence-electron chi connectivity index (χ1n) is 11.5. The number of rotatable bonds is 6. The number of pyridine rings is 1. The van der Waals surface area contributed by atoms with Gasteiger partial charge in [-0.1, -0.05) is 11.3 Å². The second kappa shape index (κ2) is 8.33. The van der Waals surface area contributed by atoms with Crippen LogP contribution in [0.2, 0.25) is 0 Å². The number of hydrogen-bond acceptors (Lipinski definition) is 7. The number of fused-ring (bicyclic) bond motifs is 1. The van der Waals surface area contributed by atoms with Crippen molar-refractivity contribution in [1.82, 2.24) is 9.97 Å². The van der Waals surface area contributed by atoms with Gasteiger partial charge in [0, 0.05) is 37.9 Å². The van der Waals surface area contributed by atoms with Crippen molar-refractivity contribution in [2.75, 3.05) is 34.5 Å². The van der Waals surface area contributed by atoms with Crippen molar-refractivity contribution < 1.29 is 4.79 Å². The number of anilines is 5. The quantitative estimate of drug-likeness (QED) is 0.508. The molecular weight excluding hydrogens is 432 g/mol. The molecule has 172 valence electrons. The van der Waals surface area contributed by atoms with Gasteiger partial charge >= 0.3 is 0 Å². The van der Waals surface area contributed by atoms with Gasteiger partial charge in [0.25, 0.3) is 0 Å². The molecule has 2 aliphatic rings. The Morgan fingerprint density at radius 3 is 2.64 bits per heavy atom. The van der Waals surface area contributed by atoms with Gasteiger partial charge in [0.15, 0.2) is 5.13 Å². The first kappa shape index (κ1) is 21.7. The molecular formula is C25H30N6OS. The number of hydrogen-bond donors (Lipinski definition) is 2. The average molecular weight is 463 g/mol. The largest absolute Gasteiger partial charge is 0.365 e. The number of nitrogens with zero attached hydrogens (tertiary/aromatic N) is 4. The maximum absolute atomic E-state index is 12.7. The fourth-order valence-electron chi connectivity index (χ4n) is 4.61. The minimum atomic E-state index is -0.201. The molecule has 0 radical (unpaired) electrons. The second-order valence-electron chi connectivity index (χ2n) is 9.09. The van der Waals surface area contributed by atoms with Crippen LogP contribution in [0.25, 0.3) is 10.4 Å². The molecule has 3 heterocycles. The summed E-state index contributed by atoms with van der Waals surface area (Å²) in [4.78, 5) is 27.2. The van der Waals surface area contributed by atoms with E-state index < -0.39 is 0 Å². The summed E-state index contributed by atoms with van der Waals surface area (Å²) in [6.45, 7) is 6.21. The van der Waals surface area contributed by atoms with Crippen molar-refractivity contribution in [2.45, 2.75) is 51.6 Å². The highest BCUT2D eigenvalue weighted by molar-refractivity contribution is 7.19. The third-order valence-corrected chi connectivity index (χ3v) is 7.54. The van der Waals surface area contributed by atoms with E-state index in [9.17, 15) is 4.79 Å². The Balaban J connectivity index is 1.47. The van der Waals surface area contributed by atoms with Crippen LogP contribution in [-0.2, 0) is 4.79 Å². The second-order valence-corrected chi connectivity index (χ2v) is 10.1. The van der Waals surface area contributed by atoms with Crippen LogP contribution in [0, 0.1) is 0 Å². The lowest BCUT2D eigenvalue weighted by molar-refractivity contribution is -0.119. The minimum Gasteiger partial charge on any atom is -0.365 e. The van der Waals surface area contributed by atoms with Gasteiger partial charge in [-0.25, -0.2) is 9.97 Å². The zero-order chi connectivity index (χ0) is 23.3. The van der Waals surface area contributed by atoms with Gasteiger partial charge in [-0.05, 0) is 69.5 Å². The van der Waals surface area contributed by atoms with Crippen LogP contribution in [0.4, 0.5) is 28.0 Å². The number of carbonyl (C=O) groups is 1. The zero-order valence-corrected chi connectivity index (χ0v) is 20.5. The van der Waals surface area contributed by atoms with E-state index in [2.05, 4.69) is 52.6 Å². The number of aromatic nitrogens is 2. The van der Waals surface area contributed by atoms with Crippen molar-refractivity contribution in [3.8, 4) is 10.4 Å². The van der Waals surface area contributed by atoms with Crippen LogP contribution < -0.4 is 20.4 Å². The number of carbonyl (C=O) groups excluding carboxylic acids is 1. The average Bonchev–Trinajstić information content (AvgIpc) is 3.56. The molecule has 2 N–H and O–H groups in total. The van der Waals surface area contributed by atoms with Gasteiger partial charge in [-0.3, -0.25) is 4.79 Å². The molecule has 3 aromatic rings. The van der Waals surface area contributed by atoms with E-state index in [1.165, 1.54) is 23.4 Å². The fourth-order valence-corrected chi connectivity index (χ4v) is 5.61. The van der Waals surface area contributed by atoms with Crippen molar-refractivity contribution in [3.63, 3.8) is 0 Å². The molecule has 0 spiro atoms. The van der Waals surface area contributed by atoms with E-state index >= 15 is 0 Å². The summed E-state index contributed by atoms with van der Waals surface area (Å²) in [7, 11) is 3.76. The molecule has 1 amide bonds. The van der Waals surface area contributed by atoms with Gasteiger partial charge in [-0.15, -0.1) is 0 Å². The highest BCUT2D eigenvalue weighted by Crippen LogP contribution is 2.47. The molecule has 1 aliphatic carbocycles. The number of likely N-dealkylation sites (N-methyl/N-ethyl adjacent to an activating group) is 1. The molecule has 0 saturated heterocycles. The molecule has 8 heteroatoms. The van der Waals surface area contributed by atoms with Crippen LogP contribution in [-0.4, -0.2) is 42.1 Å². The Bertz CT molecular complexity index is 1200. The van der Waals surface area contributed by atoms with Crippen molar-refractivity contribution in [2.24, 2.45) is 0 Å². The Labute approximate surface area is 198 Å². The molecule has 1 unspecified atom stereocenters. The summed E-state index contributed by atoms with van der Waals surface area (Å²) >= 11 is 1.70. The Morgan fingerprint density at radius 2 is 1.94 bits per heavy atom. The number of benzene rings is 1. The normalized spacial score (nSPS) is 18.0. The molecule has 1 atom stereocenters. The lowest BCUT2D eigenvalue weighted by Crippen LogP contribution is -2.53. The van der Waals surface area contributed by atoms with Crippen LogP contribution in [0.3, 0.4) is 0 Å². The zero-order valence-electron chi connectivity index (χ0n) is 19.7. The van der Waals surface area contributed by atoms with E-state index in [1.54, 1.807) is 16.2 Å². The lowest BCUT2D eigenvalue weighted by atomic mass is 10.0. The standard InChI is InChI=1S/C25H30N6OS/c1-14(2)31-15(3)24(32)30(5)19-9-8-18(13-20(19)31)28-21-12-17(10-11-27-21)23-22(16-6-7-16)29-25(26-4)33-23/h8-16H,6-7H2,1-5H3,(H,26,29)(H,27,28). The SMILES string of the molecule is CNc1nc(C2CC2)c(-c2ccnc(Nc3ccc4c(c3)N(C(C)C)C(C)C(=O)N4C)c2)s1. The van der Waals surface area contributed by atoms with Crippen molar-refractivity contribution >= 4 is 45.3 Å². The van der Waals surface area contributed by atoms with E-state index in [4.69, 9.17) is 4.98 Å². The minimum absolute atomic E-state index is 0.114. The molecule has 1 saturated carbocycles. The number of amides is 1. The molecule has 33 heavy (non-hydrogen) atoms. The third-order valence-electron chi connectivity index (χ3n) is 6.40. The molecule has 5 rings (SSSR count). The Hall–Kier alpha value is -3.13. The summed E-state index contributed by atoms with van der Waals surface area (Å²) < 4.78 is 0. The van der Waals surface area contributed by atoms with Gasteiger partial charge in [0.1, 0.15) is 11.9 Å². The van der Waals surface area contributed by atoms with Gasteiger partial charge < -0.3 is 20.4 Å². The van der Waals surface area contributed by atoms with Gasteiger partial charge in [0.05, 0.1) is 21.9 Å².